The topological polar surface area (TPSA) is 326 Å². The second-order valence-electron chi connectivity index (χ2n) is 37.5. The van der Waals surface area contributed by atoms with Crippen LogP contribution in [-0.2, 0) is 63.6 Å². The number of hydrogen-bond acceptors (Lipinski definition) is 28. The van der Waals surface area contributed by atoms with Crippen LogP contribution in [0.25, 0.3) is 45.3 Å². The number of piperazine rings is 4. The molecule has 0 aromatic carbocycles. The summed E-state index contributed by atoms with van der Waals surface area (Å²) in [6.07, 6.45) is 25.3. The second kappa shape index (κ2) is 37.1. The predicted octanol–water partition coefficient (Wildman–Crippen LogP) is 13.6. The quantitative estimate of drug-likeness (QED) is 0.0420. The van der Waals surface area contributed by atoms with Crippen molar-refractivity contribution < 1.29 is 0 Å². The molecule has 4 aliphatic heterocycles. The van der Waals surface area contributed by atoms with E-state index in [9.17, 15) is 0 Å². The Morgan fingerprint density at radius 3 is 1.38 bits per heavy atom. The largest absolute Gasteiger partial charge is 0.368 e. The fourth-order valence-corrected chi connectivity index (χ4v) is 20.1. The first-order valence-corrected chi connectivity index (χ1v) is 46.5. The van der Waals surface area contributed by atoms with Crippen molar-refractivity contribution in [1.82, 2.24) is 124 Å². The molecule has 32 nitrogen and oxygen atoms in total. The lowest BCUT2D eigenvalue weighted by atomic mass is 9.74. The molecule has 0 bridgehead atoms. The number of pyridine rings is 4. The Kier molecular flexibility index (Phi) is 25.2. The third-order valence-electron chi connectivity index (χ3n) is 26.8. The van der Waals surface area contributed by atoms with E-state index in [0.29, 0.717) is 47.7 Å². The van der Waals surface area contributed by atoms with Gasteiger partial charge < -0.3 is 61.4 Å². The molecule has 670 valence electrons. The van der Waals surface area contributed by atoms with Gasteiger partial charge in [-0.2, -0.15) is 15.3 Å². The SMILES string of the molecule is CC(C)c1c2c(nn1C)C(C)(C)c1cnc(Nc3ccc(N4CCNCC4)cn3)nc1-2.CC(C)c1c2c(nn1C)CC(C)(C)c1cnc(Nc3ccc(N4CCNCC4)cn3)nc1-2.CCN1CCN(Cc2ccc(Nc3ncc4c(n3)-c3c(nc(C)n3C(C)C)CC4)nc2)CC1.Cc1nn(C2CCCC2)c2c1CCc1cnc(Nc3ccc(N4CCNCC4)cn3)nc1-2. The first-order chi connectivity index (χ1) is 62.0. The third kappa shape index (κ3) is 18.1. The molecule has 5 fully saturated rings. The van der Waals surface area contributed by atoms with Gasteiger partial charge in [0.05, 0.1) is 110 Å². The smallest absolute Gasteiger partial charge is 0.228 e. The Morgan fingerprint density at radius 2 is 0.898 bits per heavy atom. The molecule has 21 rings (SSSR count). The zero-order chi connectivity index (χ0) is 88.6. The van der Waals surface area contributed by atoms with Crippen molar-refractivity contribution in [3.05, 3.63) is 171 Å². The Hall–Kier alpha value is -11.8. The molecule has 1 saturated carbocycles. The summed E-state index contributed by atoms with van der Waals surface area (Å²) in [7, 11) is 4.05. The average Bonchev–Trinajstić information content (AvgIpc) is 1.55. The highest BCUT2D eigenvalue weighted by atomic mass is 15.3. The van der Waals surface area contributed by atoms with Crippen molar-refractivity contribution >= 4 is 64.1 Å². The van der Waals surface area contributed by atoms with E-state index in [0.717, 1.165) is 258 Å². The Morgan fingerprint density at radius 1 is 0.445 bits per heavy atom. The normalized spacial score (nSPS) is 17.3. The number of fused-ring (bicyclic) bond motifs is 12. The molecule has 12 aromatic rings. The van der Waals surface area contributed by atoms with Gasteiger partial charge in [0, 0.05) is 202 Å². The number of imidazole rings is 1. The molecule has 0 atom stereocenters. The molecule has 32 heteroatoms. The number of likely N-dealkylation sites (N-methyl/N-ethyl adjacent to an activating group) is 1. The highest BCUT2D eigenvalue weighted by Gasteiger charge is 2.44. The van der Waals surface area contributed by atoms with Gasteiger partial charge in [-0.25, -0.2) is 64.8 Å². The van der Waals surface area contributed by atoms with Crippen molar-refractivity contribution in [1.29, 1.82) is 0 Å². The maximum absolute atomic E-state index is 4.98. The molecule has 128 heavy (non-hydrogen) atoms. The van der Waals surface area contributed by atoms with Gasteiger partial charge in [-0.05, 0) is 163 Å². The molecule has 16 heterocycles. The van der Waals surface area contributed by atoms with Crippen LogP contribution in [0.15, 0.2) is 98.1 Å². The highest BCUT2D eigenvalue weighted by molar-refractivity contribution is 5.80. The fraction of sp³-hybridized carbons (Fsp3) is 0.500. The van der Waals surface area contributed by atoms with E-state index in [2.05, 4.69) is 225 Å². The summed E-state index contributed by atoms with van der Waals surface area (Å²) in [6.45, 7) is 47.3. The summed E-state index contributed by atoms with van der Waals surface area (Å²) in [5.41, 5.74) is 26.1. The minimum atomic E-state index is -0.211. The molecule has 0 spiro atoms. The maximum atomic E-state index is 4.98. The Bertz CT molecular complexity index is 5890. The summed E-state index contributed by atoms with van der Waals surface area (Å²) in [5, 5.41) is 38.0. The van der Waals surface area contributed by atoms with Crippen LogP contribution >= 0.6 is 0 Å². The number of aryl methyl sites for hydroxylation is 7. The number of aromatic nitrogens is 20. The predicted molar refractivity (Wildman–Crippen MR) is 507 cm³/mol. The van der Waals surface area contributed by atoms with Crippen LogP contribution in [0.2, 0.25) is 0 Å². The van der Waals surface area contributed by atoms with Crippen LogP contribution in [0, 0.1) is 13.8 Å². The van der Waals surface area contributed by atoms with Crippen molar-refractivity contribution in [2.45, 2.75) is 189 Å². The minimum absolute atomic E-state index is 0.0628. The summed E-state index contributed by atoms with van der Waals surface area (Å²) in [5.74, 6) is 7.06. The van der Waals surface area contributed by atoms with Crippen molar-refractivity contribution in [2.24, 2.45) is 14.1 Å². The number of nitrogens with one attached hydrogen (secondary N) is 7. The van der Waals surface area contributed by atoms with Crippen LogP contribution in [-0.4, -0.2) is 220 Å². The van der Waals surface area contributed by atoms with Gasteiger partial charge in [-0.15, -0.1) is 0 Å². The fourth-order valence-electron chi connectivity index (χ4n) is 20.1. The zero-order valence-electron chi connectivity index (χ0n) is 77.3. The van der Waals surface area contributed by atoms with E-state index in [-0.39, 0.29) is 10.8 Å². The van der Waals surface area contributed by atoms with E-state index in [4.69, 9.17) is 40.2 Å². The summed E-state index contributed by atoms with van der Waals surface area (Å²) >= 11 is 0. The molecular formula is C96H126N32. The van der Waals surface area contributed by atoms with Gasteiger partial charge in [0.15, 0.2) is 0 Å². The van der Waals surface area contributed by atoms with Gasteiger partial charge in [-0.1, -0.05) is 67.4 Å². The number of rotatable bonds is 18. The van der Waals surface area contributed by atoms with Gasteiger partial charge in [0.1, 0.15) is 29.1 Å². The zero-order valence-corrected chi connectivity index (χ0v) is 77.3. The monoisotopic (exact) mass is 1730 g/mol. The number of anilines is 11. The molecule has 12 aromatic heterocycles. The first-order valence-electron chi connectivity index (χ1n) is 46.5. The Labute approximate surface area is 751 Å². The standard InChI is InChI=1S/C25H34N8.C24H30N8.C24H32N8.C23H30N8/c1-5-31-10-12-32(13-11-31)16-19-6-9-22(26-14-19)29-25-27-15-20-7-8-21-24(23(20)30-25)33(17(2)3)18(4)28-21;1-16-20-8-6-17-14-27-24(29-22(17)23(20)32(30-16)18-4-2-3-5-18)28-21-9-7-19(15-26-21)31-12-10-25-11-13-31;1-15(2)22-20-18(30-31(22)5)12-24(3,4)17-14-27-23(29-21(17)20)28-19-7-6-16(13-26-19)32-10-8-25-9-11-32;1-14(2)20-18-19-16(23(3,4)21(18)29-30(20)5)13-26-22(28-19)27-17-7-6-15(12-25-17)31-10-8-24-9-11-31/h6,9,14-15,17H,5,7-8,10-13,16H2,1-4H3,(H,26,27,29,30);7,9,14-15,18,25H,2-6,8,10-13H2,1H3,(H,26,27,28,29);6-7,13-15,25H,8-12H2,1-5H3,(H,26,27,28,29);6-7,12-14,24H,8-11H2,1-5H3,(H,25,26,27,28). The molecule has 0 unspecified atom stereocenters. The van der Waals surface area contributed by atoms with Gasteiger partial charge in [-0.3, -0.25) is 18.9 Å². The van der Waals surface area contributed by atoms with E-state index >= 15 is 0 Å². The summed E-state index contributed by atoms with van der Waals surface area (Å²) in [4.78, 5) is 73.5. The first kappa shape index (κ1) is 86.9. The van der Waals surface area contributed by atoms with Crippen LogP contribution in [0.5, 0.6) is 0 Å². The summed E-state index contributed by atoms with van der Waals surface area (Å²) in [6, 6.07) is 17.3. The van der Waals surface area contributed by atoms with Crippen LogP contribution in [0.3, 0.4) is 0 Å². The van der Waals surface area contributed by atoms with Crippen LogP contribution < -0.4 is 51.9 Å². The molecular weight excluding hydrogens is 1600 g/mol. The molecule has 5 aliphatic carbocycles. The van der Waals surface area contributed by atoms with E-state index in [1.807, 2.05) is 97.3 Å². The lowest BCUT2D eigenvalue weighted by Gasteiger charge is -2.33. The summed E-state index contributed by atoms with van der Waals surface area (Å²) < 4.78 is 8.59. The van der Waals surface area contributed by atoms with Crippen molar-refractivity contribution in [2.75, 3.05) is 147 Å². The molecule has 4 saturated heterocycles. The molecule has 7 N–H and O–H groups in total. The molecule has 0 radical (unpaired) electrons. The highest BCUT2D eigenvalue weighted by Crippen LogP contribution is 2.51. The Balaban J connectivity index is 0.000000115. The number of hydrogen-bond donors (Lipinski definition) is 7. The molecule has 0 amide bonds. The lowest BCUT2D eigenvalue weighted by molar-refractivity contribution is 0.132. The van der Waals surface area contributed by atoms with Crippen molar-refractivity contribution in [3.63, 3.8) is 0 Å². The lowest BCUT2D eigenvalue weighted by Crippen LogP contribution is -2.45. The van der Waals surface area contributed by atoms with Crippen LogP contribution in [0.4, 0.5) is 64.1 Å². The van der Waals surface area contributed by atoms with Gasteiger partial charge >= 0.3 is 0 Å². The second-order valence-corrected chi connectivity index (χ2v) is 37.5. The maximum Gasteiger partial charge on any atom is 0.228 e. The average molecular weight is 1730 g/mol. The van der Waals surface area contributed by atoms with Crippen LogP contribution in [0.1, 0.15) is 199 Å². The minimum Gasteiger partial charge on any atom is -0.368 e. The van der Waals surface area contributed by atoms with Crippen molar-refractivity contribution in [3.8, 4) is 45.3 Å². The van der Waals surface area contributed by atoms with Gasteiger partial charge in [0.25, 0.3) is 0 Å². The number of nitrogens with zero attached hydrogens (tertiary/aromatic N) is 25. The third-order valence-corrected chi connectivity index (χ3v) is 26.8. The van der Waals surface area contributed by atoms with Gasteiger partial charge in [0.2, 0.25) is 23.8 Å². The molecule has 9 aliphatic rings. The van der Waals surface area contributed by atoms with E-state index < -0.39 is 0 Å². The van der Waals surface area contributed by atoms with E-state index in [1.165, 1.54) is 76.1 Å². The van der Waals surface area contributed by atoms with E-state index in [1.54, 1.807) is 0 Å².